The van der Waals surface area contributed by atoms with Crippen LogP contribution in [0.25, 0.3) is 0 Å². The summed E-state index contributed by atoms with van der Waals surface area (Å²) >= 11 is 5.39. The molecular weight excluding hydrogens is 216 g/mol. The Bertz CT molecular complexity index is 161. The first-order valence-corrected chi connectivity index (χ1v) is 7.19. The second kappa shape index (κ2) is 11.2. The van der Waals surface area contributed by atoms with E-state index in [4.69, 9.17) is 12.2 Å². The minimum Gasteiger partial charge on any atom is -0.363 e. The van der Waals surface area contributed by atoms with E-state index >= 15 is 0 Å². The standard InChI is InChI=1S/C13H28N2S/c1-4-7-9-11-15(12-10-8-5-2)13(16)14-6-3/h4-12H2,1-3H3,(H,14,16). The summed E-state index contributed by atoms with van der Waals surface area (Å²) in [6.45, 7) is 9.74. The molecule has 2 nitrogen and oxygen atoms in total. The smallest absolute Gasteiger partial charge is 0.168 e. The molecule has 0 radical (unpaired) electrons. The van der Waals surface area contributed by atoms with Crippen molar-refractivity contribution in [2.75, 3.05) is 19.6 Å². The Morgan fingerprint density at radius 2 is 1.44 bits per heavy atom. The van der Waals surface area contributed by atoms with Crippen molar-refractivity contribution in [3.05, 3.63) is 0 Å². The van der Waals surface area contributed by atoms with E-state index in [9.17, 15) is 0 Å². The number of unbranched alkanes of at least 4 members (excludes halogenated alkanes) is 4. The zero-order chi connectivity index (χ0) is 12.2. The van der Waals surface area contributed by atoms with Crippen molar-refractivity contribution in [2.45, 2.75) is 59.3 Å². The minimum atomic E-state index is 0.927. The quantitative estimate of drug-likeness (QED) is 0.493. The molecular formula is C13H28N2S. The molecule has 0 aliphatic rings. The van der Waals surface area contributed by atoms with Crippen LogP contribution in [0.1, 0.15) is 59.3 Å². The van der Waals surface area contributed by atoms with Crippen molar-refractivity contribution in [3.8, 4) is 0 Å². The van der Waals surface area contributed by atoms with Crippen LogP contribution in [-0.4, -0.2) is 29.6 Å². The van der Waals surface area contributed by atoms with Gasteiger partial charge in [0.05, 0.1) is 0 Å². The molecule has 0 unspecified atom stereocenters. The SMILES string of the molecule is CCCCCN(CCCCC)C(=S)NCC. The van der Waals surface area contributed by atoms with Gasteiger partial charge in [-0.1, -0.05) is 39.5 Å². The number of nitrogens with zero attached hydrogens (tertiary/aromatic N) is 1. The summed E-state index contributed by atoms with van der Waals surface area (Å²) in [4.78, 5) is 2.34. The van der Waals surface area contributed by atoms with E-state index in [1.165, 1.54) is 38.5 Å². The molecule has 0 aliphatic carbocycles. The molecule has 0 rings (SSSR count). The summed E-state index contributed by atoms with van der Waals surface area (Å²) in [5, 5.41) is 4.20. The van der Waals surface area contributed by atoms with Gasteiger partial charge in [-0.15, -0.1) is 0 Å². The maximum atomic E-state index is 5.39. The van der Waals surface area contributed by atoms with E-state index in [1.807, 2.05) is 0 Å². The van der Waals surface area contributed by atoms with Crippen molar-refractivity contribution in [2.24, 2.45) is 0 Å². The van der Waals surface area contributed by atoms with Gasteiger partial charge in [-0.2, -0.15) is 0 Å². The summed E-state index contributed by atoms with van der Waals surface area (Å²) < 4.78 is 0. The van der Waals surface area contributed by atoms with Crippen LogP contribution in [0.5, 0.6) is 0 Å². The molecule has 0 fully saturated rings. The van der Waals surface area contributed by atoms with Crippen molar-refractivity contribution in [1.29, 1.82) is 0 Å². The first-order valence-electron chi connectivity index (χ1n) is 6.79. The topological polar surface area (TPSA) is 15.3 Å². The highest BCUT2D eigenvalue weighted by Crippen LogP contribution is 2.03. The summed E-state index contributed by atoms with van der Waals surface area (Å²) in [6.07, 6.45) is 7.67. The molecule has 0 saturated carbocycles. The molecule has 0 atom stereocenters. The van der Waals surface area contributed by atoms with Crippen LogP contribution in [0.15, 0.2) is 0 Å². The van der Waals surface area contributed by atoms with Crippen LogP contribution in [0, 0.1) is 0 Å². The molecule has 0 bridgehead atoms. The predicted molar refractivity (Wildman–Crippen MR) is 76.9 cm³/mol. The zero-order valence-electron chi connectivity index (χ0n) is 11.2. The van der Waals surface area contributed by atoms with Gasteiger partial charge in [0, 0.05) is 19.6 Å². The first-order chi connectivity index (χ1) is 7.76. The van der Waals surface area contributed by atoms with Crippen LogP contribution in [0.3, 0.4) is 0 Å². The van der Waals surface area contributed by atoms with E-state index in [0.717, 1.165) is 24.7 Å². The fourth-order valence-corrected chi connectivity index (χ4v) is 2.01. The zero-order valence-corrected chi connectivity index (χ0v) is 12.0. The van der Waals surface area contributed by atoms with Gasteiger partial charge >= 0.3 is 0 Å². The third-order valence-electron chi connectivity index (χ3n) is 2.68. The Morgan fingerprint density at radius 3 is 1.81 bits per heavy atom. The Labute approximate surface area is 107 Å². The third-order valence-corrected chi connectivity index (χ3v) is 3.08. The lowest BCUT2D eigenvalue weighted by Gasteiger charge is -2.25. The molecule has 1 N–H and O–H groups in total. The lowest BCUT2D eigenvalue weighted by Crippen LogP contribution is -2.40. The maximum absolute atomic E-state index is 5.39. The molecule has 0 saturated heterocycles. The van der Waals surface area contributed by atoms with Crippen molar-refractivity contribution < 1.29 is 0 Å². The van der Waals surface area contributed by atoms with Crippen LogP contribution in [0.4, 0.5) is 0 Å². The first kappa shape index (κ1) is 15.7. The molecule has 16 heavy (non-hydrogen) atoms. The number of rotatable bonds is 9. The van der Waals surface area contributed by atoms with Crippen LogP contribution in [0.2, 0.25) is 0 Å². The third kappa shape index (κ3) is 7.91. The molecule has 96 valence electrons. The number of nitrogens with one attached hydrogen (secondary N) is 1. The summed E-state index contributed by atoms with van der Waals surface area (Å²) in [6, 6.07) is 0. The van der Waals surface area contributed by atoms with Crippen LogP contribution >= 0.6 is 12.2 Å². The van der Waals surface area contributed by atoms with E-state index in [-0.39, 0.29) is 0 Å². The number of thiocarbonyl (C=S) groups is 1. The molecule has 0 aromatic rings. The van der Waals surface area contributed by atoms with E-state index in [1.54, 1.807) is 0 Å². The second-order valence-corrected chi connectivity index (χ2v) is 4.62. The van der Waals surface area contributed by atoms with Gasteiger partial charge in [0.2, 0.25) is 0 Å². The second-order valence-electron chi connectivity index (χ2n) is 4.24. The average Bonchev–Trinajstić information content (AvgIpc) is 2.28. The molecule has 0 aliphatic heterocycles. The Hall–Kier alpha value is -0.310. The van der Waals surface area contributed by atoms with Crippen LogP contribution < -0.4 is 5.32 Å². The predicted octanol–water partition coefficient (Wildman–Crippen LogP) is 3.56. The number of hydrogen-bond donors (Lipinski definition) is 1. The van der Waals surface area contributed by atoms with E-state index < -0.39 is 0 Å². The van der Waals surface area contributed by atoms with Gasteiger partial charge in [0.15, 0.2) is 5.11 Å². The fraction of sp³-hybridized carbons (Fsp3) is 0.923. The average molecular weight is 244 g/mol. The van der Waals surface area contributed by atoms with Gasteiger partial charge in [-0.25, -0.2) is 0 Å². The normalized spacial score (nSPS) is 10.2. The molecule has 3 heteroatoms. The lowest BCUT2D eigenvalue weighted by atomic mass is 10.2. The Balaban J connectivity index is 3.89. The molecule has 0 heterocycles. The van der Waals surface area contributed by atoms with Gasteiger partial charge in [0.1, 0.15) is 0 Å². The van der Waals surface area contributed by atoms with E-state index in [0.29, 0.717) is 0 Å². The summed E-state index contributed by atoms with van der Waals surface area (Å²) in [5.41, 5.74) is 0. The van der Waals surface area contributed by atoms with Gasteiger partial charge in [-0.05, 0) is 32.0 Å². The highest BCUT2D eigenvalue weighted by Gasteiger charge is 2.07. The van der Waals surface area contributed by atoms with Crippen molar-refractivity contribution >= 4 is 17.3 Å². The monoisotopic (exact) mass is 244 g/mol. The van der Waals surface area contributed by atoms with Crippen molar-refractivity contribution in [1.82, 2.24) is 10.2 Å². The maximum Gasteiger partial charge on any atom is 0.168 e. The molecule has 0 spiro atoms. The van der Waals surface area contributed by atoms with Gasteiger partial charge < -0.3 is 10.2 Å². The molecule has 0 amide bonds. The fourth-order valence-electron chi connectivity index (χ4n) is 1.68. The Kier molecular flexibility index (Phi) is 11.0. The van der Waals surface area contributed by atoms with E-state index in [2.05, 4.69) is 31.0 Å². The highest BCUT2D eigenvalue weighted by atomic mass is 32.1. The van der Waals surface area contributed by atoms with Crippen molar-refractivity contribution in [3.63, 3.8) is 0 Å². The van der Waals surface area contributed by atoms with Gasteiger partial charge in [0.25, 0.3) is 0 Å². The highest BCUT2D eigenvalue weighted by molar-refractivity contribution is 7.80. The van der Waals surface area contributed by atoms with Gasteiger partial charge in [-0.3, -0.25) is 0 Å². The lowest BCUT2D eigenvalue weighted by molar-refractivity contribution is 0.385. The van der Waals surface area contributed by atoms with Crippen LogP contribution in [-0.2, 0) is 0 Å². The minimum absolute atomic E-state index is 0.927. The summed E-state index contributed by atoms with van der Waals surface area (Å²) in [7, 11) is 0. The largest absolute Gasteiger partial charge is 0.363 e. The molecule has 0 aromatic carbocycles. The summed E-state index contributed by atoms with van der Waals surface area (Å²) in [5.74, 6) is 0. The number of hydrogen-bond acceptors (Lipinski definition) is 1. The Morgan fingerprint density at radius 1 is 0.938 bits per heavy atom. The molecule has 0 aromatic heterocycles.